The Morgan fingerprint density at radius 3 is 3.12 bits per heavy atom. The number of thiophene rings is 1. The van der Waals surface area contributed by atoms with Crippen LogP contribution in [0.15, 0.2) is 11.4 Å². The lowest BCUT2D eigenvalue weighted by Crippen LogP contribution is -2.52. The number of aryl methyl sites for hydroxylation is 2. The van der Waals surface area contributed by atoms with E-state index in [-0.39, 0.29) is 0 Å². The van der Waals surface area contributed by atoms with Crippen molar-refractivity contribution in [3.8, 4) is 0 Å². The normalized spacial score (nSPS) is 20.6. The van der Waals surface area contributed by atoms with E-state index in [1.165, 1.54) is 10.4 Å². The van der Waals surface area contributed by atoms with Crippen LogP contribution in [0.1, 0.15) is 23.8 Å². The van der Waals surface area contributed by atoms with Crippen molar-refractivity contribution < 1.29 is 4.79 Å². The Morgan fingerprint density at radius 2 is 2.47 bits per heavy atom. The fourth-order valence-corrected chi connectivity index (χ4v) is 3.15. The van der Waals surface area contributed by atoms with Gasteiger partial charge in [0.15, 0.2) is 0 Å². The van der Waals surface area contributed by atoms with Gasteiger partial charge in [-0.15, -0.1) is 11.3 Å². The number of carbonyl (C=O) groups is 1. The Kier molecular flexibility index (Phi) is 4.18. The van der Waals surface area contributed by atoms with Crippen LogP contribution in [0.2, 0.25) is 0 Å². The summed E-state index contributed by atoms with van der Waals surface area (Å²) in [6, 6.07) is 2.46. The molecule has 0 spiro atoms. The molecule has 94 valence electrons. The van der Waals surface area contributed by atoms with E-state index in [0.29, 0.717) is 18.4 Å². The molecule has 1 aliphatic rings. The number of piperazine rings is 1. The average Bonchev–Trinajstić information content (AvgIpc) is 2.72. The number of carbonyl (C=O) groups excluding carboxylic acids is 1. The topological polar surface area (TPSA) is 32.3 Å². The van der Waals surface area contributed by atoms with Gasteiger partial charge in [-0.2, -0.15) is 0 Å². The molecule has 1 aromatic rings. The monoisotopic (exact) mass is 252 g/mol. The molecule has 2 rings (SSSR count). The summed E-state index contributed by atoms with van der Waals surface area (Å²) in [6.45, 7) is 6.92. The van der Waals surface area contributed by atoms with Crippen LogP contribution in [0.4, 0.5) is 0 Å². The maximum absolute atomic E-state index is 12.1. The minimum absolute atomic E-state index is 0.298. The second-order valence-electron chi connectivity index (χ2n) is 4.67. The summed E-state index contributed by atoms with van der Waals surface area (Å²) < 4.78 is 0. The fraction of sp³-hybridized carbons (Fsp3) is 0.615. The zero-order valence-corrected chi connectivity index (χ0v) is 11.3. The Balaban J connectivity index is 1.86. The lowest BCUT2D eigenvalue weighted by atomic mass is 10.1. The van der Waals surface area contributed by atoms with Crippen molar-refractivity contribution in [1.82, 2.24) is 10.2 Å². The SMILES string of the molecule is Cc1ccsc1CCC(=O)N1CCNCC1C. The van der Waals surface area contributed by atoms with E-state index >= 15 is 0 Å². The Hall–Kier alpha value is -0.870. The highest BCUT2D eigenvalue weighted by molar-refractivity contribution is 7.10. The number of amides is 1. The Bertz CT molecular complexity index is 389. The maximum Gasteiger partial charge on any atom is 0.223 e. The van der Waals surface area contributed by atoms with Gasteiger partial charge in [-0.1, -0.05) is 0 Å². The molecule has 0 bridgehead atoms. The minimum atomic E-state index is 0.298. The predicted octanol–water partition coefficient (Wildman–Crippen LogP) is 1.81. The molecule has 1 N–H and O–H groups in total. The molecule has 0 radical (unpaired) electrons. The third-order valence-electron chi connectivity index (χ3n) is 3.36. The summed E-state index contributed by atoms with van der Waals surface area (Å²) in [5.74, 6) is 0.298. The predicted molar refractivity (Wildman–Crippen MR) is 71.4 cm³/mol. The van der Waals surface area contributed by atoms with Gasteiger partial charge in [-0.05, 0) is 37.3 Å². The van der Waals surface area contributed by atoms with Gasteiger partial charge in [0.1, 0.15) is 0 Å². The molecule has 17 heavy (non-hydrogen) atoms. The maximum atomic E-state index is 12.1. The molecule has 1 saturated heterocycles. The van der Waals surface area contributed by atoms with Gasteiger partial charge in [0.05, 0.1) is 0 Å². The quantitative estimate of drug-likeness (QED) is 0.890. The number of hydrogen-bond donors (Lipinski definition) is 1. The summed E-state index contributed by atoms with van der Waals surface area (Å²) in [7, 11) is 0. The third-order valence-corrected chi connectivity index (χ3v) is 4.44. The van der Waals surface area contributed by atoms with Crippen molar-refractivity contribution in [2.45, 2.75) is 32.7 Å². The van der Waals surface area contributed by atoms with Gasteiger partial charge in [0.2, 0.25) is 5.91 Å². The van der Waals surface area contributed by atoms with E-state index in [4.69, 9.17) is 0 Å². The standard InChI is InChI=1S/C13H20N2OS/c1-10-5-8-17-12(10)3-4-13(16)15-7-6-14-9-11(15)2/h5,8,11,14H,3-4,6-7,9H2,1-2H3. The third kappa shape index (κ3) is 3.07. The van der Waals surface area contributed by atoms with Crippen molar-refractivity contribution in [1.29, 1.82) is 0 Å². The molecule has 0 saturated carbocycles. The molecule has 1 amide bonds. The van der Waals surface area contributed by atoms with Crippen molar-refractivity contribution in [3.05, 3.63) is 21.9 Å². The average molecular weight is 252 g/mol. The van der Waals surface area contributed by atoms with Crippen LogP contribution in [0.5, 0.6) is 0 Å². The highest BCUT2D eigenvalue weighted by Crippen LogP contribution is 2.18. The first-order valence-electron chi connectivity index (χ1n) is 6.21. The van der Waals surface area contributed by atoms with Gasteiger partial charge in [-0.25, -0.2) is 0 Å². The van der Waals surface area contributed by atoms with Crippen LogP contribution in [0, 0.1) is 6.92 Å². The van der Waals surface area contributed by atoms with Crippen molar-refractivity contribution >= 4 is 17.2 Å². The molecule has 0 aromatic carbocycles. The van der Waals surface area contributed by atoms with Gasteiger partial charge < -0.3 is 10.2 Å². The van der Waals surface area contributed by atoms with Gasteiger partial charge in [0, 0.05) is 37.0 Å². The van der Waals surface area contributed by atoms with Crippen LogP contribution >= 0.6 is 11.3 Å². The molecular weight excluding hydrogens is 232 g/mol. The molecule has 4 heteroatoms. The second kappa shape index (κ2) is 5.65. The number of nitrogens with one attached hydrogen (secondary N) is 1. The van der Waals surface area contributed by atoms with Crippen molar-refractivity contribution in [3.63, 3.8) is 0 Å². The van der Waals surface area contributed by atoms with E-state index in [2.05, 4.69) is 30.6 Å². The molecule has 0 aliphatic carbocycles. The van der Waals surface area contributed by atoms with Gasteiger partial charge >= 0.3 is 0 Å². The summed E-state index contributed by atoms with van der Waals surface area (Å²) in [4.78, 5) is 15.5. The van der Waals surface area contributed by atoms with Gasteiger partial charge in [-0.3, -0.25) is 4.79 Å². The van der Waals surface area contributed by atoms with Crippen LogP contribution in [-0.2, 0) is 11.2 Å². The molecular formula is C13H20N2OS. The summed E-state index contributed by atoms with van der Waals surface area (Å²) >= 11 is 1.76. The van der Waals surface area contributed by atoms with E-state index in [9.17, 15) is 4.79 Å². The number of rotatable bonds is 3. The van der Waals surface area contributed by atoms with E-state index in [1.54, 1.807) is 11.3 Å². The smallest absolute Gasteiger partial charge is 0.223 e. The fourth-order valence-electron chi connectivity index (χ4n) is 2.24. The van der Waals surface area contributed by atoms with E-state index in [1.807, 2.05) is 4.90 Å². The van der Waals surface area contributed by atoms with Crippen LogP contribution in [0.3, 0.4) is 0 Å². The zero-order chi connectivity index (χ0) is 12.3. The summed E-state index contributed by atoms with van der Waals surface area (Å²) in [6.07, 6.45) is 1.53. The van der Waals surface area contributed by atoms with E-state index in [0.717, 1.165) is 26.1 Å². The first kappa shape index (κ1) is 12.6. The zero-order valence-electron chi connectivity index (χ0n) is 10.5. The number of nitrogens with zero attached hydrogens (tertiary/aromatic N) is 1. The Labute approximate surface area is 107 Å². The molecule has 1 aromatic heterocycles. The molecule has 1 unspecified atom stereocenters. The summed E-state index contributed by atoms with van der Waals surface area (Å²) in [5, 5.41) is 5.41. The first-order chi connectivity index (χ1) is 8.18. The minimum Gasteiger partial charge on any atom is -0.337 e. The highest BCUT2D eigenvalue weighted by atomic mass is 32.1. The first-order valence-corrected chi connectivity index (χ1v) is 7.09. The molecule has 1 atom stereocenters. The van der Waals surface area contributed by atoms with E-state index < -0.39 is 0 Å². The van der Waals surface area contributed by atoms with Crippen molar-refractivity contribution in [2.24, 2.45) is 0 Å². The molecule has 3 nitrogen and oxygen atoms in total. The molecule has 2 heterocycles. The summed E-state index contributed by atoms with van der Waals surface area (Å²) in [5.41, 5.74) is 1.32. The van der Waals surface area contributed by atoms with Crippen molar-refractivity contribution in [2.75, 3.05) is 19.6 Å². The highest BCUT2D eigenvalue weighted by Gasteiger charge is 2.22. The number of hydrogen-bond acceptors (Lipinski definition) is 3. The van der Waals surface area contributed by atoms with Gasteiger partial charge in [0.25, 0.3) is 0 Å². The molecule has 1 fully saturated rings. The second-order valence-corrected chi connectivity index (χ2v) is 5.67. The lowest BCUT2D eigenvalue weighted by molar-refractivity contribution is -0.133. The largest absolute Gasteiger partial charge is 0.337 e. The van der Waals surface area contributed by atoms with Crippen LogP contribution in [-0.4, -0.2) is 36.5 Å². The Morgan fingerprint density at radius 1 is 1.65 bits per heavy atom. The molecule has 1 aliphatic heterocycles. The lowest BCUT2D eigenvalue weighted by Gasteiger charge is -2.34. The van der Waals surface area contributed by atoms with Crippen LogP contribution in [0.25, 0.3) is 0 Å². The van der Waals surface area contributed by atoms with Crippen LogP contribution < -0.4 is 5.32 Å².